The van der Waals surface area contributed by atoms with Gasteiger partial charge in [-0.2, -0.15) is 0 Å². The van der Waals surface area contributed by atoms with Gasteiger partial charge in [-0.15, -0.1) is 0 Å². The summed E-state index contributed by atoms with van der Waals surface area (Å²) in [4.78, 5) is 0. The van der Waals surface area contributed by atoms with Crippen LogP contribution in [-0.4, -0.2) is 5.11 Å². The molecule has 0 aliphatic carbocycles. The molecular formula is C16H16F2O. The zero-order valence-corrected chi connectivity index (χ0v) is 11.0. The Labute approximate surface area is 111 Å². The number of benzene rings is 2. The highest BCUT2D eigenvalue weighted by Crippen LogP contribution is 2.27. The second-order valence-corrected chi connectivity index (χ2v) is 5.01. The molecule has 0 aromatic heterocycles. The van der Waals surface area contributed by atoms with E-state index in [0.717, 1.165) is 0 Å². The van der Waals surface area contributed by atoms with Crippen molar-refractivity contribution >= 4 is 0 Å². The van der Waals surface area contributed by atoms with E-state index in [-0.39, 0.29) is 18.1 Å². The van der Waals surface area contributed by atoms with Crippen LogP contribution in [0.5, 0.6) is 0 Å². The van der Waals surface area contributed by atoms with Crippen molar-refractivity contribution in [2.24, 2.45) is 0 Å². The second kappa shape index (κ2) is 5.10. The van der Waals surface area contributed by atoms with Crippen molar-refractivity contribution in [1.29, 1.82) is 0 Å². The summed E-state index contributed by atoms with van der Waals surface area (Å²) in [6.45, 7) is 3.22. The summed E-state index contributed by atoms with van der Waals surface area (Å²) < 4.78 is 27.1. The van der Waals surface area contributed by atoms with Gasteiger partial charge in [0.2, 0.25) is 0 Å². The Hall–Kier alpha value is -1.74. The van der Waals surface area contributed by atoms with Crippen LogP contribution < -0.4 is 0 Å². The van der Waals surface area contributed by atoms with Crippen LogP contribution in [0.15, 0.2) is 42.5 Å². The topological polar surface area (TPSA) is 20.2 Å². The van der Waals surface area contributed by atoms with Gasteiger partial charge in [-0.05, 0) is 42.7 Å². The van der Waals surface area contributed by atoms with Gasteiger partial charge in [0.15, 0.2) is 0 Å². The first kappa shape index (κ1) is 13.7. The van der Waals surface area contributed by atoms with E-state index in [9.17, 15) is 13.9 Å². The van der Waals surface area contributed by atoms with Gasteiger partial charge in [-0.25, -0.2) is 8.78 Å². The highest BCUT2D eigenvalue weighted by molar-refractivity contribution is 5.30. The van der Waals surface area contributed by atoms with Gasteiger partial charge >= 0.3 is 0 Å². The number of aliphatic hydroxyl groups is 1. The minimum absolute atomic E-state index is 0.0994. The van der Waals surface area contributed by atoms with E-state index in [2.05, 4.69) is 0 Å². The third kappa shape index (κ3) is 2.99. The molecule has 0 spiro atoms. The molecule has 0 radical (unpaired) electrons. The van der Waals surface area contributed by atoms with Gasteiger partial charge in [-0.1, -0.05) is 30.3 Å². The van der Waals surface area contributed by atoms with Crippen molar-refractivity contribution in [3.05, 3.63) is 70.8 Å². The Bertz CT molecular complexity index is 591. The Morgan fingerprint density at radius 2 is 1.74 bits per heavy atom. The number of hydrogen-bond acceptors (Lipinski definition) is 1. The lowest BCUT2D eigenvalue weighted by atomic mass is 9.88. The highest BCUT2D eigenvalue weighted by Gasteiger charge is 2.25. The molecular weight excluding hydrogens is 246 g/mol. The van der Waals surface area contributed by atoms with E-state index in [4.69, 9.17) is 0 Å². The van der Waals surface area contributed by atoms with Crippen molar-refractivity contribution in [2.45, 2.75) is 25.9 Å². The number of aryl methyl sites for hydroxylation is 1. The van der Waals surface area contributed by atoms with Gasteiger partial charge in [0.05, 0.1) is 5.60 Å². The second-order valence-electron chi connectivity index (χ2n) is 5.01. The molecule has 3 heteroatoms. The van der Waals surface area contributed by atoms with Crippen LogP contribution in [0.4, 0.5) is 8.78 Å². The average Bonchev–Trinajstić information content (AvgIpc) is 2.35. The van der Waals surface area contributed by atoms with Crippen LogP contribution in [0.3, 0.4) is 0 Å². The minimum Gasteiger partial charge on any atom is -0.385 e. The molecule has 2 rings (SSSR count). The van der Waals surface area contributed by atoms with Crippen LogP contribution in [0.25, 0.3) is 0 Å². The van der Waals surface area contributed by atoms with E-state index in [1.54, 1.807) is 44.2 Å². The molecule has 0 heterocycles. The van der Waals surface area contributed by atoms with Crippen molar-refractivity contribution in [3.8, 4) is 0 Å². The minimum atomic E-state index is -1.31. The maximum absolute atomic E-state index is 13.6. The molecule has 1 atom stereocenters. The van der Waals surface area contributed by atoms with Crippen molar-refractivity contribution in [3.63, 3.8) is 0 Å². The first-order chi connectivity index (χ1) is 8.90. The SMILES string of the molecule is Cc1ccc(C(C)(O)Cc2ccccc2F)cc1F. The van der Waals surface area contributed by atoms with E-state index >= 15 is 0 Å². The van der Waals surface area contributed by atoms with Crippen LogP contribution >= 0.6 is 0 Å². The normalized spacial score (nSPS) is 14.2. The third-order valence-electron chi connectivity index (χ3n) is 3.29. The van der Waals surface area contributed by atoms with Gasteiger partial charge in [0, 0.05) is 6.42 Å². The van der Waals surface area contributed by atoms with Gasteiger partial charge < -0.3 is 5.11 Å². The van der Waals surface area contributed by atoms with Gasteiger partial charge in [0.1, 0.15) is 11.6 Å². The zero-order valence-electron chi connectivity index (χ0n) is 11.0. The molecule has 2 aromatic carbocycles. The Morgan fingerprint density at radius 3 is 2.37 bits per heavy atom. The molecule has 1 N–H and O–H groups in total. The molecule has 0 aliphatic heterocycles. The van der Waals surface area contributed by atoms with Crippen LogP contribution in [0.2, 0.25) is 0 Å². The quantitative estimate of drug-likeness (QED) is 0.893. The maximum Gasteiger partial charge on any atom is 0.126 e. The van der Waals surface area contributed by atoms with E-state index in [1.165, 1.54) is 12.1 Å². The molecule has 0 saturated carbocycles. The summed E-state index contributed by atoms with van der Waals surface area (Å²) in [7, 11) is 0. The Kier molecular flexibility index (Phi) is 3.67. The van der Waals surface area contributed by atoms with Crippen molar-refractivity contribution in [1.82, 2.24) is 0 Å². The number of halogens is 2. The molecule has 100 valence electrons. The number of hydrogen-bond donors (Lipinski definition) is 1. The molecule has 0 fully saturated rings. The lowest BCUT2D eigenvalue weighted by molar-refractivity contribution is 0.0563. The largest absolute Gasteiger partial charge is 0.385 e. The first-order valence-electron chi connectivity index (χ1n) is 6.12. The predicted octanol–water partition coefficient (Wildman–Crippen LogP) is 3.72. The van der Waals surface area contributed by atoms with Crippen LogP contribution in [0, 0.1) is 18.6 Å². The third-order valence-corrected chi connectivity index (χ3v) is 3.29. The lowest BCUT2D eigenvalue weighted by Crippen LogP contribution is -2.25. The van der Waals surface area contributed by atoms with Gasteiger partial charge in [-0.3, -0.25) is 0 Å². The summed E-state index contributed by atoms with van der Waals surface area (Å²) in [5.41, 5.74) is 0.0641. The summed E-state index contributed by atoms with van der Waals surface area (Å²) in [6.07, 6.45) is 0.0994. The Morgan fingerprint density at radius 1 is 1.05 bits per heavy atom. The highest BCUT2D eigenvalue weighted by atomic mass is 19.1. The molecule has 0 bridgehead atoms. The molecule has 0 saturated heterocycles. The fraction of sp³-hybridized carbons (Fsp3) is 0.250. The molecule has 0 aliphatic rings. The maximum atomic E-state index is 13.6. The van der Waals surface area contributed by atoms with Crippen molar-refractivity contribution in [2.75, 3.05) is 0 Å². The fourth-order valence-electron chi connectivity index (χ4n) is 2.04. The van der Waals surface area contributed by atoms with Gasteiger partial charge in [0.25, 0.3) is 0 Å². The molecule has 1 nitrogen and oxygen atoms in total. The van der Waals surface area contributed by atoms with Crippen molar-refractivity contribution < 1.29 is 13.9 Å². The fourth-order valence-corrected chi connectivity index (χ4v) is 2.04. The average molecular weight is 262 g/mol. The zero-order chi connectivity index (χ0) is 14.0. The molecule has 19 heavy (non-hydrogen) atoms. The molecule has 1 unspecified atom stereocenters. The smallest absolute Gasteiger partial charge is 0.126 e. The van der Waals surface area contributed by atoms with Crippen LogP contribution in [0.1, 0.15) is 23.6 Å². The van der Waals surface area contributed by atoms with E-state index in [0.29, 0.717) is 16.7 Å². The summed E-state index contributed by atoms with van der Waals surface area (Å²) in [5.74, 6) is -0.735. The standard InChI is InChI=1S/C16H16F2O/c1-11-7-8-13(9-15(11)18)16(2,19)10-12-5-3-4-6-14(12)17/h3-9,19H,10H2,1-2H3. The Balaban J connectivity index is 2.32. The predicted molar refractivity (Wildman–Crippen MR) is 70.8 cm³/mol. The molecule has 2 aromatic rings. The lowest BCUT2D eigenvalue weighted by Gasteiger charge is -2.24. The van der Waals surface area contributed by atoms with Crippen LogP contribution in [-0.2, 0) is 12.0 Å². The van der Waals surface area contributed by atoms with E-state index in [1.807, 2.05) is 0 Å². The summed E-state index contributed by atoms with van der Waals surface area (Å²) in [5, 5.41) is 10.4. The first-order valence-corrected chi connectivity index (χ1v) is 6.12. The summed E-state index contributed by atoms with van der Waals surface area (Å²) in [6, 6.07) is 10.9. The number of rotatable bonds is 3. The monoisotopic (exact) mass is 262 g/mol. The van der Waals surface area contributed by atoms with E-state index < -0.39 is 5.60 Å². The summed E-state index contributed by atoms with van der Waals surface area (Å²) >= 11 is 0. The molecule has 0 amide bonds.